The Morgan fingerprint density at radius 2 is 1.76 bits per heavy atom. The largest absolute Gasteiger partial charge is 0.465 e. The van der Waals surface area contributed by atoms with Crippen molar-refractivity contribution < 1.29 is 9.53 Å². The molecule has 3 aromatic rings. The summed E-state index contributed by atoms with van der Waals surface area (Å²) in [6.45, 7) is 5.91. The van der Waals surface area contributed by atoms with E-state index in [2.05, 4.69) is 9.72 Å². The number of nitrogens with two attached hydrogens (primary N) is 1. The number of carbonyl (C=O) groups is 1. The molecule has 1 aromatic heterocycles. The predicted molar refractivity (Wildman–Crippen MR) is 99.2 cm³/mol. The first-order valence-corrected chi connectivity index (χ1v) is 7.99. The third-order valence-electron chi connectivity index (χ3n) is 3.60. The fourth-order valence-corrected chi connectivity index (χ4v) is 2.43. The standard InChI is InChI=1S/C17H15N3O3.C2H6/c1-10-3-8-14-13(9-10)15(21)20(17(18)19-14)12-6-4-11(5-7-12)16(22)23-2;1-2/h3-9H,1-2H3,(H2,18,19);1-2H3. The number of anilines is 1. The predicted octanol–water partition coefficient (Wildman–Crippen LogP) is 3.09. The van der Waals surface area contributed by atoms with E-state index in [0.29, 0.717) is 22.2 Å². The van der Waals surface area contributed by atoms with Crippen LogP contribution in [0.15, 0.2) is 47.3 Å². The second-order valence-electron chi connectivity index (χ2n) is 5.17. The zero-order valence-electron chi connectivity index (χ0n) is 14.7. The van der Waals surface area contributed by atoms with Gasteiger partial charge in [-0.1, -0.05) is 25.5 Å². The molecule has 0 saturated heterocycles. The molecule has 0 aliphatic heterocycles. The number of carbonyl (C=O) groups excluding carboxylic acids is 1. The maximum Gasteiger partial charge on any atom is 0.337 e. The highest BCUT2D eigenvalue weighted by Crippen LogP contribution is 2.16. The van der Waals surface area contributed by atoms with Gasteiger partial charge < -0.3 is 10.5 Å². The summed E-state index contributed by atoms with van der Waals surface area (Å²) in [7, 11) is 1.31. The van der Waals surface area contributed by atoms with Gasteiger partial charge in [-0.05, 0) is 43.3 Å². The zero-order valence-corrected chi connectivity index (χ0v) is 14.7. The van der Waals surface area contributed by atoms with Gasteiger partial charge in [0, 0.05) is 0 Å². The van der Waals surface area contributed by atoms with E-state index < -0.39 is 5.97 Å². The zero-order chi connectivity index (χ0) is 18.6. The number of aryl methyl sites for hydroxylation is 1. The van der Waals surface area contributed by atoms with Gasteiger partial charge in [-0.15, -0.1) is 0 Å². The van der Waals surface area contributed by atoms with Crippen molar-refractivity contribution in [3.8, 4) is 5.69 Å². The van der Waals surface area contributed by atoms with Crippen LogP contribution in [0.1, 0.15) is 29.8 Å². The second-order valence-corrected chi connectivity index (χ2v) is 5.17. The molecule has 0 spiro atoms. The van der Waals surface area contributed by atoms with Crippen LogP contribution in [-0.2, 0) is 4.74 Å². The highest BCUT2D eigenvalue weighted by atomic mass is 16.5. The smallest absolute Gasteiger partial charge is 0.337 e. The summed E-state index contributed by atoms with van der Waals surface area (Å²) in [4.78, 5) is 28.5. The van der Waals surface area contributed by atoms with Crippen LogP contribution in [0, 0.1) is 6.92 Å². The molecular weight excluding hydrogens is 318 g/mol. The van der Waals surface area contributed by atoms with Crippen molar-refractivity contribution in [1.82, 2.24) is 9.55 Å². The van der Waals surface area contributed by atoms with Crippen LogP contribution in [0.25, 0.3) is 16.6 Å². The number of hydrogen-bond acceptors (Lipinski definition) is 5. The molecule has 6 nitrogen and oxygen atoms in total. The van der Waals surface area contributed by atoms with Gasteiger partial charge in [0.25, 0.3) is 5.56 Å². The Labute approximate surface area is 145 Å². The molecule has 1 heterocycles. The summed E-state index contributed by atoms with van der Waals surface area (Å²) in [6, 6.07) is 11.8. The summed E-state index contributed by atoms with van der Waals surface area (Å²) in [5.74, 6) is -0.346. The lowest BCUT2D eigenvalue weighted by molar-refractivity contribution is 0.0601. The van der Waals surface area contributed by atoms with E-state index in [1.54, 1.807) is 36.4 Å². The molecule has 0 saturated carbocycles. The number of benzene rings is 2. The summed E-state index contributed by atoms with van der Waals surface area (Å²) < 4.78 is 5.98. The fraction of sp³-hybridized carbons (Fsp3) is 0.211. The van der Waals surface area contributed by atoms with Gasteiger partial charge in [-0.2, -0.15) is 0 Å². The summed E-state index contributed by atoms with van der Waals surface area (Å²) in [5, 5.41) is 0.497. The number of hydrogen-bond donors (Lipinski definition) is 1. The van der Waals surface area contributed by atoms with Crippen LogP contribution in [0.2, 0.25) is 0 Å². The number of ether oxygens (including phenoxy) is 1. The topological polar surface area (TPSA) is 87.2 Å². The molecule has 3 rings (SSSR count). The normalized spacial score (nSPS) is 10.1. The number of fused-ring (bicyclic) bond motifs is 1. The molecule has 0 fully saturated rings. The minimum atomic E-state index is -0.441. The SMILES string of the molecule is CC.COC(=O)c1ccc(-n2c(N)nc3ccc(C)cc3c2=O)cc1. The first-order chi connectivity index (χ1) is 12.0. The first-order valence-electron chi connectivity index (χ1n) is 7.99. The molecule has 0 amide bonds. The van der Waals surface area contributed by atoms with Gasteiger partial charge in [-0.25, -0.2) is 14.3 Å². The van der Waals surface area contributed by atoms with Crippen LogP contribution < -0.4 is 11.3 Å². The molecular formula is C19H21N3O3. The van der Waals surface area contributed by atoms with Gasteiger partial charge in [-0.3, -0.25) is 4.79 Å². The third kappa shape index (κ3) is 3.52. The number of methoxy groups -OCH3 is 1. The minimum Gasteiger partial charge on any atom is -0.465 e. The van der Waals surface area contributed by atoms with Crippen LogP contribution in [-0.4, -0.2) is 22.6 Å². The maximum absolute atomic E-state index is 12.7. The lowest BCUT2D eigenvalue weighted by atomic mass is 10.1. The molecule has 6 heteroatoms. The number of nitrogen functional groups attached to an aromatic ring is 1. The summed E-state index contributed by atoms with van der Waals surface area (Å²) in [5.41, 5.74) is 8.15. The molecule has 0 atom stereocenters. The summed E-state index contributed by atoms with van der Waals surface area (Å²) >= 11 is 0. The van der Waals surface area contributed by atoms with Crippen molar-refractivity contribution in [3.05, 3.63) is 63.9 Å². The molecule has 0 radical (unpaired) electrons. The molecule has 130 valence electrons. The quantitative estimate of drug-likeness (QED) is 0.725. The molecule has 0 unspecified atom stereocenters. The van der Waals surface area contributed by atoms with Gasteiger partial charge in [0.2, 0.25) is 5.95 Å². The lowest BCUT2D eigenvalue weighted by Crippen LogP contribution is -2.23. The average Bonchev–Trinajstić information content (AvgIpc) is 2.64. The van der Waals surface area contributed by atoms with E-state index in [1.807, 2.05) is 26.8 Å². The van der Waals surface area contributed by atoms with Crippen LogP contribution in [0.5, 0.6) is 0 Å². The van der Waals surface area contributed by atoms with Gasteiger partial charge in [0.1, 0.15) is 0 Å². The second kappa shape index (κ2) is 7.61. The number of rotatable bonds is 2. The lowest BCUT2D eigenvalue weighted by Gasteiger charge is -2.11. The molecule has 2 aromatic carbocycles. The number of nitrogens with zero attached hydrogens (tertiary/aromatic N) is 2. The highest BCUT2D eigenvalue weighted by Gasteiger charge is 2.12. The van der Waals surface area contributed by atoms with E-state index in [9.17, 15) is 9.59 Å². The highest BCUT2D eigenvalue weighted by molar-refractivity contribution is 5.89. The monoisotopic (exact) mass is 339 g/mol. The Hall–Kier alpha value is -3.15. The van der Waals surface area contributed by atoms with Crippen LogP contribution >= 0.6 is 0 Å². The molecule has 0 aliphatic rings. The summed E-state index contributed by atoms with van der Waals surface area (Å²) in [6.07, 6.45) is 0. The van der Waals surface area contributed by atoms with E-state index in [-0.39, 0.29) is 11.5 Å². The van der Waals surface area contributed by atoms with E-state index in [4.69, 9.17) is 5.73 Å². The number of aromatic nitrogens is 2. The average molecular weight is 339 g/mol. The minimum absolute atomic E-state index is 0.0946. The molecule has 25 heavy (non-hydrogen) atoms. The van der Waals surface area contributed by atoms with Gasteiger partial charge >= 0.3 is 5.97 Å². The van der Waals surface area contributed by atoms with Crippen molar-refractivity contribution in [1.29, 1.82) is 0 Å². The Balaban J connectivity index is 0.00000109. The maximum atomic E-state index is 12.7. The fourth-order valence-electron chi connectivity index (χ4n) is 2.43. The van der Waals surface area contributed by atoms with Crippen LogP contribution in [0.4, 0.5) is 5.95 Å². The van der Waals surface area contributed by atoms with Crippen molar-refractivity contribution in [2.24, 2.45) is 0 Å². The van der Waals surface area contributed by atoms with Crippen molar-refractivity contribution >= 4 is 22.8 Å². The van der Waals surface area contributed by atoms with Crippen molar-refractivity contribution in [3.63, 3.8) is 0 Å². The third-order valence-corrected chi connectivity index (χ3v) is 3.60. The first kappa shape index (κ1) is 18.2. The molecule has 0 aliphatic carbocycles. The van der Waals surface area contributed by atoms with Crippen LogP contribution in [0.3, 0.4) is 0 Å². The van der Waals surface area contributed by atoms with Crippen molar-refractivity contribution in [2.45, 2.75) is 20.8 Å². The Morgan fingerprint density at radius 1 is 1.12 bits per heavy atom. The van der Waals surface area contributed by atoms with E-state index in [1.165, 1.54) is 11.7 Å². The Bertz CT molecular complexity index is 960. The Morgan fingerprint density at radius 3 is 2.36 bits per heavy atom. The Kier molecular flexibility index (Phi) is 5.54. The molecule has 0 bridgehead atoms. The van der Waals surface area contributed by atoms with Gasteiger partial charge in [0.15, 0.2) is 0 Å². The van der Waals surface area contributed by atoms with Crippen molar-refractivity contribution in [2.75, 3.05) is 12.8 Å². The van der Waals surface area contributed by atoms with E-state index >= 15 is 0 Å². The number of esters is 1. The van der Waals surface area contributed by atoms with E-state index in [0.717, 1.165) is 5.56 Å². The molecule has 2 N–H and O–H groups in total. The van der Waals surface area contributed by atoms with Gasteiger partial charge in [0.05, 0.1) is 29.3 Å².